The zero-order chi connectivity index (χ0) is 18.3. The summed E-state index contributed by atoms with van der Waals surface area (Å²) in [6, 6.07) is 5.55. The fraction of sp³-hybridized carbons (Fsp3) is 0.467. The van der Waals surface area contributed by atoms with E-state index in [1.54, 1.807) is 19.1 Å². The van der Waals surface area contributed by atoms with Crippen molar-refractivity contribution in [3.05, 3.63) is 29.8 Å². The molecule has 0 bridgehead atoms. The molecule has 0 radical (unpaired) electrons. The van der Waals surface area contributed by atoms with Gasteiger partial charge in [0.2, 0.25) is 10.0 Å². The maximum absolute atomic E-state index is 12.0. The number of sulfonamides is 1. The van der Waals surface area contributed by atoms with Gasteiger partial charge in [-0.2, -0.15) is 0 Å². The van der Waals surface area contributed by atoms with E-state index in [4.69, 9.17) is 5.11 Å². The summed E-state index contributed by atoms with van der Waals surface area (Å²) in [4.78, 5) is 22.3. The van der Waals surface area contributed by atoms with E-state index in [1.807, 2.05) is 0 Å². The summed E-state index contributed by atoms with van der Waals surface area (Å²) in [5.41, 5.74) is 0.758. The molecular formula is C15H23N3O5S. The van der Waals surface area contributed by atoms with Gasteiger partial charge >= 0.3 is 12.0 Å². The third-order valence-corrected chi connectivity index (χ3v) is 5.19. The Kier molecular flexibility index (Phi) is 7.18. The molecule has 1 unspecified atom stereocenters. The molecule has 8 nitrogen and oxygen atoms in total. The lowest BCUT2D eigenvalue weighted by Gasteiger charge is -2.16. The average Bonchev–Trinajstić information content (AvgIpc) is 2.51. The van der Waals surface area contributed by atoms with Gasteiger partial charge in [-0.25, -0.2) is 17.5 Å². The van der Waals surface area contributed by atoms with Gasteiger partial charge in [0.15, 0.2) is 0 Å². The van der Waals surface area contributed by atoms with Gasteiger partial charge in [0, 0.05) is 27.1 Å². The normalized spacial score (nSPS) is 12.7. The summed E-state index contributed by atoms with van der Waals surface area (Å²) >= 11 is 0. The monoisotopic (exact) mass is 357 g/mol. The molecule has 1 atom stereocenters. The van der Waals surface area contributed by atoms with E-state index < -0.39 is 22.0 Å². The molecular weight excluding hydrogens is 334 g/mol. The third kappa shape index (κ3) is 5.82. The Morgan fingerprint density at radius 1 is 1.21 bits per heavy atom. The molecule has 0 fully saturated rings. The molecule has 1 aromatic carbocycles. The van der Waals surface area contributed by atoms with Crippen LogP contribution in [0.1, 0.15) is 31.4 Å². The third-order valence-electron chi connectivity index (χ3n) is 3.36. The number of carbonyl (C=O) groups excluding carboxylic acids is 1. The van der Waals surface area contributed by atoms with Crippen molar-refractivity contribution >= 4 is 22.0 Å². The Morgan fingerprint density at radius 2 is 1.79 bits per heavy atom. The molecule has 0 aliphatic rings. The predicted octanol–water partition coefficient (Wildman–Crippen LogP) is 1.16. The minimum absolute atomic E-state index is 0.00234. The van der Waals surface area contributed by atoms with Crippen molar-refractivity contribution in [2.75, 3.05) is 20.6 Å². The number of carboxylic acid groups (broad SMARTS) is 1. The molecule has 1 aromatic rings. The number of nitrogens with zero attached hydrogens (tertiary/aromatic N) is 1. The first-order valence-electron chi connectivity index (χ1n) is 7.43. The molecule has 2 amide bonds. The van der Waals surface area contributed by atoms with Crippen LogP contribution in [0.15, 0.2) is 29.2 Å². The van der Waals surface area contributed by atoms with Crippen LogP contribution in [-0.2, 0) is 14.8 Å². The second-order valence-electron chi connectivity index (χ2n) is 5.48. The van der Waals surface area contributed by atoms with Crippen molar-refractivity contribution in [2.24, 2.45) is 0 Å². The molecule has 3 N–H and O–H groups in total. The molecule has 24 heavy (non-hydrogen) atoms. The van der Waals surface area contributed by atoms with Gasteiger partial charge in [0.05, 0.1) is 10.9 Å². The summed E-state index contributed by atoms with van der Waals surface area (Å²) in [5, 5.41) is 13.8. The topological polar surface area (TPSA) is 116 Å². The van der Waals surface area contributed by atoms with Crippen molar-refractivity contribution in [3.63, 3.8) is 0 Å². The molecule has 9 heteroatoms. The SMILES string of the molecule is CC(NC(=O)NCCCC(=O)O)c1ccc(S(=O)(=O)N(C)C)cc1. The van der Waals surface area contributed by atoms with E-state index in [0.717, 1.165) is 9.87 Å². The van der Waals surface area contributed by atoms with Gasteiger partial charge in [-0.1, -0.05) is 12.1 Å². The zero-order valence-electron chi connectivity index (χ0n) is 13.9. The van der Waals surface area contributed by atoms with Gasteiger partial charge < -0.3 is 15.7 Å². The maximum Gasteiger partial charge on any atom is 0.315 e. The largest absolute Gasteiger partial charge is 0.481 e. The number of amides is 2. The number of benzene rings is 1. The van der Waals surface area contributed by atoms with E-state index in [-0.39, 0.29) is 23.9 Å². The number of carbonyl (C=O) groups is 2. The lowest BCUT2D eigenvalue weighted by atomic mass is 10.1. The Labute approximate surface area is 141 Å². The number of nitrogens with one attached hydrogen (secondary N) is 2. The first-order chi connectivity index (χ1) is 11.1. The fourth-order valence-corrected chi connectivity index (χ4v) is 2.81. The molecule has 0 spiro atoms. The minimum atomic E-state index is -3.48. The molecule has 0 aliphatic heterocycles. The van der Waals surface area contributed by atoms with Crippen molar-refractivity contribution < 1.29 is 23.1 Å². The van der Waals surface area contributed by atoms with Crippen LogP contribution in [0.4, 0.5) is 4.79 Å². The molecule has 0 saturated heterocycles. The second kappa shape index (κ2) is 8.65. The van der Waals surface area contributed by atoms with Crippen LogP contribution >= 0.6 is 0 Å². The average molecular weight is 357 g/mol. The predicted molar refractivity (Wildman–Crippen MR) is 89.1 cm³/mol. The first-order valence-corrected chi connectivity index (χ1v) is 8.87. The van der Waals surface area contributed by atoms with E-state index >= 15 is 0 Å². The zero-order valence-corrected chi connectivity index (χ0v) is 14.8. The quantitative estimate of drug-likeness (QED) is 0.604. The van der Waals surface area contributed by atoms with Crippen LogP contribution in [0.3, 0.4) is 0 Å². The Morgan fingerprint density at radius 3 is 2.29 bits per heavy atom. The van der Waals surface area contributed by atoms with E-state index in [1.165, 1.54) is 26.2 Å². The molecule has 0 heterocycles. The highest BCUT2D eigenvalue weighted by Crippen LogP contribution is 2.18. The first kappa shape index (κ1) is 19.9. The van der Waals surface area contributed by atoms with E-state index in [0.29, 0.717) is 6.42 Å². The Bertz CT molecular complexity index is 671. The van der Waals surface area contributed by atoms with E-state index in [9.17, 15) is 18.0 Å². The number of hydrogen-bond acceptors (Lipinski definition) is 4. The summed E-state index contributed by atoms with van der Waals surface area (Å²) < 4.78 is 25.1. The van der Waals surface area contributed by atoms with Gasteiger partial charge in [-0.15, -0.1) is 0 Å². The summed E-state index contributed by atoms with van der Waals surface area (Å²) in [7, 11) is -0.558. The summed E-state index contributed by atoms with van der Waals surface area (Å²) in [5.74, 6) is -0.904. The number of urea groups is 1. The van der Waals surface area contributed by atoms with Gasteiger partial charge in [-0.05, 0) is 31.0 Å². The van der Waals surface area contributed by atoms with Gasteiger partial charge in [0.1, 0.15) is 0 Å². The second-order valence-corrected chi connectivity index (χ2v) is 7.63. The lowest BCUT2D eigenvalue weighted by Crippen LogP contribution is -2.37. The van der Waals surface area contributed by atoms with Crippen LogP contribution in [0.5, 0.6) is 0 Å². The smallest absolute Gasteiger partial charge is 0.315 e. The van der Waals surface area contributed by atoms with Crippen molar-refractivity contribution in [1.82, 2.24) is 14.9 Å². The van der Waals surface area contributed by atoms with Crippen molar-refractivity contribution in [2.45, 2.75) is 30.7 Å². The van der Waals surface area contributed by atoms with Crippen LogP contribution < -0.4 is 10.6 Å². The number of aliphatic carboxylic acids is 1. The minimum Gasteiger partial charge on any atom is -0.481 e. The number of carboxylic acids is 1. The molecule has 1 rings (SSSR count). The summed E-state index contributed by atoms with van der Waals surface area (Å²) in [6.45, 7) is 2.04. The number of hydrogen-bond donors (Lipinski definition) is 3. The maximum atomic E-state index is 12.0. The van der Waals surface area contributed by atoms with Crippen LogP contribution in [-0.4, -0.2) is 50.5 Å². The van der Waals surface area contributed by atoms with Gasteiger partial charge in [0.25, 0.3) is 0 Å². The van der Waals surface area contributed by atoms with Crippen LogP contribution in [0.2, 0.25) is 0 Å². The highest BCUT2D eigenvalue weighted by molar-refractivity contribution is 7.89. The van der Waals surface area contributed by atoms with Crippen LogP contribution in [0, 0.1) is 0 Å². The molecule has 0 aliphatic carbocycles. The summed E-state index contributed by atoms with van der Waals surface area (Å²) in [6.07, 6.45) is 0.353. The fourth-order valence-electron chi connectivity index (χ4n) is 1.91. The van der Waals surface area contributed by atoms with Gasteiger partial charge in [-0.3, -0.25) is 4.79 Å². The lowest BCUT2D eigenvalue weighted by molar-refractivity contribution is -0.137. The molecule has 0 saturated carbocycles. The number of rotatable bonds is 8. The molecule has 134 valence electrons. The Balaban J connectivity index is 2.58. The van der Waals surface area contributed by atoms with Crippen molar-refractivity contribution in [3.8, 4) is 0 Å². The molecule has 0 aromatic heterocycles. The Hall–Kier alpha value is -2.13. The standard InChI is InChI=1S/C15H23N3O5S/c1-11(17-15(21)16-10-4-5-14(19)20)12-6-8-13(9-7-12)24(22,23)18(2)3/h6-9,11H,4-5,10H2,1-3H3,(H,19,20)(H2,16,17,21). The van der Waals surface area contributed by atoms with E-state index in [2.05, 4.69) is 10.6 Å². The highest BCUT2D eigenvalue weighted by atomic mass is 32.2. The highest BCUT2D eigenvalue weighted by Gasteiger charge is 2.17. The van der Waals surface area contributed by atoms with Crippen molar-refractivity contribution in [1.29, 1.82) is 0 Å². The van der Waals surface area contributed by atoms with Crippen LogP contribution in [0.25, 0.3) is 0 Å².